The van der Waals surface area contributed by atoms with Gasteiger partial charge in [-0.2, -0.15) is 0 Å². The number of hydrogen-bond donors (Lipinski definition) is 1. The van der Waals surface area contributed by atoms with E-state index in [1.54, 1.807) is 0 Å². The van der Waals surface area contributed by atoms with Crippen molar-refractivity contribution in [3.63, 3.8) is 0 Å². The van der Waals surface area contributed by atoms with Crippen LogP contribution in [0.15, 0.2) is 16.7 Å². The summed E-state index contributed by atoms with van der Waals surface area (Å²) in [5, 5.41) is 9.35. The summed E-state index contributed by atoms with van der Waals surface area (Å²) in [4.78, 5) is 14.9. The quantitative estimate of drug-likeness (QED) is 0.880. The number of aliphatic hydroxyl groups is 1. The minimum Gasteiger partial charge on any atom is -0.395 e. The molecule has 0 aliphatic heterocycles. The van der Waals surface area contributed by atoms with Gasteiger partial charge in [0.1, 0.15) is 5.69 Å². The third-order valence-electron chi connectivity index (χ3n) is 4.59. The summed E-state index contributed by atoms with van der Waals surface area (Å²) in [5.41, 5.74) is 0.767. The van der Waals surface area contributed by atoms with Crippen LogP contribution in [0.2, 0.25) is 0 Å². The molecular formula is C16H23BrN2O2. The zero-order valence-corrected chi connectivity index (χ0v) is 13.9. The van der Waals surface area contributed by atoms with E-state index >= 15 is 0 Å². The van der Waals surface area contributed by atoms with Gasteiger partial charge < -0.3 is 14.6 Å². The summed E-state index contributed by atoms with van der Waals surface area (Å²) in [7, 11) is 0. The van der Waals surface area contributed by atoms with Gasteiger partial charge in [-0.05, 0) is 47.7 Å². The second-order valence-corrected chi connectivity index (χ2v) is 7.11. The minimum atomic E-state index is 0.0353. The minimum absolute atomic E-state index is 0.0353. The van der Waals surface area contributed by atoms with Crippen molar-refractivity contribution in [1.29, 1.82) is 0 Å². The van der Waals surface area contributed by atoms with Crippen molar-refractivity contribution in [3.05, 3.63) is 22.4 Å². The van der Waals surface area contributed by atoms with Crippen LogP contribution in [0.4, 0.5) is 0 Å². The Morgan fingerprint density at radius 1 is 1.29 bits per heavy atom. The molecule has 21 heavy (non-hydrogen) atoms. The molecule has 1 N–H and O–H groups in total. The Morgan fingerprint density at radius 3 is 2.62 bits per heavy atom. The standard InChI is InChI=1S/C16H23BrN2O2/c17-12-10-15(19(11-12)14-6-7-14)16(21)18(8-9-20)13-4-2-1-3-5-13/h10-11,13-14,20H,1-9H2. The Balaban J connectivity index is 1.82. The molecule has 1 aromatic heterocycles. The molecule has 1 amide bonds. The van der Waals surface area contributed by atoms with Crippen LogP contribution >= 0.6 is 15.9 Å². The Labute approximate surface area is 134 Å². The highest BCUT2D eigenvalue weighted by Gasteiger charge is 2.32. The molecule has 0 bridgehead atoms. The Morgan fingerprint density at radius 2 is 2.00 bits per heavy atom. The lowest BCUT2D eigenvalue weighted by molar-refractivity contribution is 0.0574. The number of amides is 1. The van der Waals surface area contributed by atoms with Crippen molar-refractivity contribution in [1.82, 2.24) is 9.47 Å². The Bertz CT molecular complexity index is 504. The predicted molar refractivity (Wildman–Crippen MR) is 85.4 cm³/mol. The highest BCUT2D eigenvalue weighted by Crippen LogP contribution is 2.38. The normalized spacial score (nSPS) is 19.7. The first-order valence-corrected chi connectivity index (χ1v) is 8.79. The summed E-state index contributed by atoms with van der Waals surface area (Å²) in [6.45, 7) is 0.477. The van der Waals surface area contributed by atoms with E-state index in [-0.39, 0.29) is 12.5 Å². The van der Waals surface area contributed by atoms with Crippen molar-refractivity contribution < 1.29 is 9.90 Å². The molecule has 116 valence electrons. The van der Waals surface area contributed by atoms with Crippen molar-refractivity contribution in [2.75, 3.05) is 13.2 Å². The first-order valence-electron chi connectivity index (χ1n) is 8.00. The van der Waals surface area contributed by atoms with Gasteiger partial charge in [-0.25, -0.2) is 0 Å². The number of carbonyl (C=O) groups is 1. The van der Waals surface area contributed by atoms with Crippen LogP contribution in [0.5, 0.6) is 0 Å². The molecule has 5 heteroatoms. The Hall–Kier alpha value is -0.810. The average Bonchev–Trinajstić information content (AvgIpc) is 3.27. The number of hydrogen-bond acceptors (Lipinski definition) is 2. The molecule has 2 aliphatic rings. The average molecular weight is 355 g/mol. The van der Waals surface area contributed by atoms with E-state index in [0.29, 0.717) is 18.6 Å². The number of rotatable bonds is 5. The van der Waals surface area contributed by atoms with Crippen LogP contribution in [-0.2, 0) is 0 Å². The maximum Gasteiger partial charge on any atom is 0.270 e. The van der Waals surface area contributed by atoms with Gasteiger partial charge in [0.15, 0.2) is 0 Å². The molecule has 1 aromatic rings. The summed E-state index contributed by atoms with van der Waals surface area (Å²) >= 11 is 3.49. The third kappa shape index (κ3) is 3.34. The van der Waals surface area contributed by atoms with E-state index in [9.17, 15) is 9.90 Å². The van der Waals surface area contributed by atoms with Gasteiger partial charge in [0.2, 0.25) is 0 Å². The van der Waals surface area contributed by atoms with E-state index in [4.69, 9.17) is 0 Å². The summed E-state index contributed by atoms with van der Waals surface area (Å²) in [5.74, 6) is 0.0774. The second-order valence-electron chi connectivity index (χ2n) is 6.20. The first kappa shape index (κ1) is 15.1. The van der Waals surface area contributed by atoms with E-state index in [1.165, 1.54) is 19.3 Å². The molecule has 0 spiro atoms. The number of carbonyl (C=O) groups excluding carboxylic acids is 1. The smallest absolute Gasteiger partial charge is 0.270 e. The maximum absolute atomic E-state index is 13.0. The fraction of sp³-hybridized carbons (Fsp3) is 0.688. The van der Waals surface area contributed by atoms with E-state index < -0.39 is 0 Å². The van der Waals surface area contributed by atoms with Crippen LogP contribution in [0.1, 0.15) is 61.5 Å². The van der Waals surface area contributed by atoms with Gasteiger partial charge in [-0.3, -0.25) is 4.79 Å². The van der Waals surface area contributed by atoms with Crippen LogP contribution in [0.25, 0.3) is 0 Å². The highest BCUT2D eigenvalue weighted by atomic mass is 79.9. The molecule has 0 aromatic carbocycles. The van der Waals surface area contributed by atoms with Crippen LogP contribution in [0.3, 0.4) is 0 Å². The predicted octanol–water partition coefficient (Wildman–Crippen LogP) is 3.35. The molecule has 3 rings (SSSR count). The molecule has 2 saturated carbocycles. The monoisotopic (exact) mass is 354 g/mol. The zero-order chi connectivity index (χ0) is 14.8. The lowest BCUT2D eigenvalue weighted by atomic mass is 9.94. The molecule has 0 saturated heterocycles. The number of nitrogens with zero attached hydrogens (tertiary/aromatic N) is 2. The number of halogens is 1. The van der Waals surface area contributed by atoms with E-state index in [0.717, 1.165) is 35.8 Å². The van der Waals surface area contributed by atoms with Crippen molar-refractivity contribution in [2.24, 2.45) is 0 Å². The van der Waals surface area contributed by atoms with Gasteiger partial charge in [0, 0.05) is 29.3 Å². The van der Waals surface area contributed by atoms with Gasteiger partial charge in [0.25, 0.3) is 5.91 Å². The zero-order valence-electron chi connectivity index (χ0n) is 12.3. The van der Waals surface area contributed by atoms with E-state index in [2.05, 4.69) is 20.5 Å². The molecule has 4 nitrogen and oxygen atoms in total. The largest absolute Gasteiger partial charge is 0.395 e. The number of aromatic nitrogens is 1. The molecule has 0 unspecified atom stereocenters. The SMILES string of the molecule is O=C(c1cc(Br)cn1C1CC1)N(CCO)C1CCCCC1. The van der Waals surface area contributed by atoms with Crippen LogP contribution in [-0.4, -0.2) is 39.7 Å². The number of aliphatic hydroxyl groups excluding tert-OH is 1. The van der Waals surface area contributed by atoms with Crippen molar-refractivity contribution in [3.8, 4) is 0 Å². The second kappa shape index (κ2) is 6.53. The fourth-order valence-electron chi connectivity index (χ4n) is 3.37. The summed E-state index contributed by atoms with van der Waals surface area (Å²) in [6.07, 6.45) is 10.1. The summed E-state index contributed by atoms with van der Waals surface area (Å²) < 4.78 is 3.07. The van der Waals surface area contributed by atoms with Crippen LogP contribution in [0, 0.1) is 0 Å². The third-order valence-corrected chi connectivity index (χ3v) is 5.03. The van der Waals surface area contributed by atoms with Crippen molar-refractivity contribution in [2.45, 2.75) is 57.0 Å². The molecule has 2 aliphatic carbocycles. The van der Waals surface area contributed by atoms with E-state index in [1.807, 2.05) is 17.2 Å². The molecule has 2 fully saturated rings. The molecule has 1 heterocycles. The van der Waals surface area contributed by atoms with Crippen molar-refractivity contribution >= 4 is 21.8 Å². The molecule has 0 atom stereocenters. The highest BCUT2D eigenvalue weighted by molar-refractivity contribution is 9.10. The topological polar surface area (TPSA) is 45.5 Å². The fourth-order valence-corrected chi connectivity index (χ4v) is 3.81. The Kier molecular flexibility index (Phi) is 4.69. The molecule has 0 radical (unpaired) electrons. The van der Waals surface area contributed by atoms with Gasteiger partial charge in [0.05, 0.1) is 6.61 Å². The van der Waals surface area contributed by atoms with Crippen LogP contribution < -0.4 is 0 Å². The molecular weight excluding hydrogens is 332 g/mol. The lowest BCUT2D eigenvalue weighted by Crippen LogP contribution is -2.43. The van der Waals surface area contributed by atoms with Gasteiger partial charge in [-0.15, -0.1) is 0 Å². The first-order chi connectivity index (χ1) is 10.2. The van der Waals surface area contributed by atoms with Gasteiger partial charge in [-0.1, -0.05) is 19.3 Å². The summed E-state index contributed by atoms with van der Waals surface area (Å²) in [6, 6.07) is 2.70. The maximum atomic E-state index is 13.0. The lowest BCUT2D eigenvalue weighted by Gasteiger charge is -2.34. The van der Waals surface area contributed by atoms with Gasteiger partial charge >= 0.3 is 0 Å².